The Morgan fingerprint density at radius 2 is 1.80 bits per heavy atom. The molecule has 40 heavy (non-hydrogen) atoms. The van der Waals surface area contributed by atoms with E-state index in [0.29, 0.717) is 46.9 Å². The molecule has 2 aliphatic rings. The van der Waals surface area contributed by atoms with Gasteiger partial charge in [0.15, 0.2) is 0 Å². The number of benzene rings is 3. The topological polar surface area (TPSA) is 49.8 Å². The number of halogens is 4. The lowest BCUT2D eigenvalue weighted by Gasteiger charge is -2.19. The maximum Gasteiger partial charge on any atom is 0.338 e. The molecule has 1 N–H and O–H groups in total. The number of carbonyl (C=O) groups is 1. The van der Waals surface area contributed by atoms with E-state index in [9.17, 15) is 14.3 Å². The van der Waals surface area contributed by atoms with Crippen LogP contribution in [0.4, 0.5) is 8.78 Å². The lowest BCUT2D eigenvalue weighted by atomic mass is 9.87. The summed E-state index contributed by atoms with van der Waals surface area (Å²) in [5.74, 6) is -1.26. The lowest BCUT2D eigenvalue weighted by molar-refractivity contribution is 0.0691. The summed E-state index contributed by atoms with van der Waals surface area (Å²) in [7, 11) is 0. The number of hydrogen-bond donors (Lipinski definition) is 1. The van der Waals surface area contributed by atoms with Crippen LogP contribution in [-0.4, -0.2) is 48.4 Å². The Morgan fingerprint density at radius 1 is 1.05 bits per heavy atom. The fourth-order valence-corrected chi connectivity index (χ4v) is 6.12. The molecule has 1 saturated heterocycles. The molecule has 1 aliphatic heterocycles. The van der Waals surface area contributed by atoms with Crippen molar-refractivity contribution in [3.05, 3.63) is 98.3 Å². The summed E-state index contributed by atoms with van der Waals surface area (Å²) >= 11 is 12.8. The number of rotatable bonds is 8. The second-order valence-electron chi connectivity index (χ2n) is 9.99. The smallest absolute Gasteiger partial charge is 0.338 e. The molecule has 0 amide bonds. The molecule has 1 fully saturated rings. The number of hydrogen-bond acceptors (Lipinski definition) is 3. The summed E-state index contributed by atoms with van der Waals surface area (Å²) in [6, 6.07) is 16.1. The van der Waals surface area contributed by atoms with Gasteiger partial charge >= 0.3 is 5.97 Å². The molecule has 0 saturated carbocycles. The maximum atomic E-state index is 15.4. The first kappa shape index (κ1) is 30.0. The molecule has 3 aromatic carbocycles. The summed E-state index contributed by atoms with van der Waals surface area (Å²) in [6.07, 6.45) is 3.13. The zero-order valence-corrected chi connectivity index (χ0v) is 22.9. The highest BCUT2D eigenvalue weighted by atomic mass is 35.5. The molecular formula is C32H33Cl2F2NO3. The molecule has 1 atom stereocenters. The number of carboxylic acids is 1. The SMILES string of the molecule is C.O=C(O)c1ccc2c(c1F)CCCC(c1ccc(Cl)cc1Cl)=C2c1ccc(O[C@H]2CCN(CCCF)C2)cc1. The molecule has 1 aliphatic carbocycles. The Kier molecular flexibility index (Phi) is 9.88. The fourth-order valence-electron chi connectivity index (χ4n) is 5.60. The van der Waals surface area contributed by atoms with Crippen molar-refractivity contribution in [1.82, 2.24) is 4.90 Å². The zero-order valence-electron chi connectivity index (χ0n) is 21.4. The van der Waals surface area contributed by atoms with Gasteiger partial charge in [-0.05, 0) is 95.8 Å². The summed E-state index contributed by atoms with van der Waals surface area (Å²) < 4.78 is 34.2. The van der Waals surface area contributed by atoms with E-state index in [4.69, 9.17) is 27.9 Å². The van der Waals surface area contributed by atoms with E-state index >= 15 is 4.39 Å². The largest absolute Gasteiger partial charge is 0.489 e. The molecule has 0 unspecified atom stereocenters. The number of ether oxygens (including phenoxy) is 1. The van der Waals surface area contributed by atoms with E-state index in [0.717, 1.165) is 54.1 Å². The van der Waals surface area contributed by atoms with Crippen LogP contribution in [0.15, 0.2) is 54.6 Å². The first-order chi connectivity index (χ1) is 18.9. The van der Waals surface area contributed by atoms with Gasteiger partial charge in [-0.25, -0.2) is 9.18 Å². The summed E-state index contributed by atoms with van der Waals surface area (Å²) in [5.41, 5.74) is 4.14. The average Bonchev–Trinajstić information content (AvgIpc) is 3.26. The van der Waals surface area contributed by atoms with E-state index in [-0.39, 0.29) is 25.8 Å². The minimum Gasteiger partial charge on any atom is -0.489 e. The first-order valence-electron chi connectivity index (χ1n) is 13.1. The van der Waals surface area contributed by atoms with E-state index in [2.05, 4.69) is 4.90 Å². The Morgan fingerprint density at radius 3 is 2.50 bits per heavy atom. The van der Waals surface area contributed by atoms with Gasteiger partial charge in [0.25, 0.3) is 0 Å². The van der Waals surface area contributed by atoms with Gasteiger partial charge in [-0.3, -0.25) is 9.29 Å². The Labute approximate surface area is 244 Å². The van der Waals surface area contributed by atoms with Crippen LogP contribution in [-0.2, 0) is 6.42 Å². The third-order valence-electron chi connectivity index (χ3n) is 7.44. The van der Waals surface area contributed by atoms with Crippen LogP contribution in [0.2, 0.25) is 10.0 Å². The van der Waals surface area contributed by atoms with Crippen molar-refractivity contribution >= 4 is 40.3 Å². The Bertz CT molecular complexity index is 1410. The van der Waals surface area contributed by atoms with Crippen molar-refractivity contribution in [2.75, 3.05) is 26.3 Å². The van der Waals surface area contributed by atoms with Crippen LogP contribution in [0, 0.1) is 5.82 Å². The molecule has 0 spiro atoms. The molecule has 4 nitrogen and oxygen atoms in total. The highest BCUT2D eigenvalue weighted by molar-refractivity contribution is 6.36. The standard InChI is InChI=1S/C31H29Cl2F2NO3.CH4/c32-20-7-10-23(28(33)17-20)24-3-1-4-26-25(11-12-27(30(26)35)31(37)38)29(24)19-5-8-21(9-6-19)39-22-13-16-36(18-22)15-2-14-34;/h5-12,17,22H,1-4,13-16,18H2,(H,37,38);1H4/t22-;/m0./s1. The van der Waals surface area contributed by atoms with Crippen molar-refractivity contribution < 1.29 is 23.4 Å². The normalized spacial score (nSPS) is 17.2. The number of aromatic carboxylic acids is 1. The number of alkyl halides is 1. The zero-order chi connectivity index (χ0) is 27.5. The highest BCUT2D eigenvalue weighted by Crippen LogP contribution is 2.43. The van der Waals surface area contributed by atoms with Gasteiger partial charge in [-0.1, -0.05) is 54.9 Å². The third-order valence-corrected chi connectivity index (χ3v) is 7.99. The molecule has 0 bridgehead atoms. The molecule has 0 radical (unpaired) electrons. The van der Waals surface area contributed by atoms with Crippen LogP contribution in [0.25, 0.3) is 11.1 Å². The molecule has 5 rings (SSSR count). The second kappa shape index (κ2) is 13.2. The maximum absolute atomic E-state index is 15.4. The Balaban J connectivity index is 0.00000370. The predicted molar refractivity (Wildman–Crippen MR) is 158 cm³/mol. The highest BCUT2D eigenvalue weighted by Gasteiger charge is 2.27. The van der Waals surface area contributed by atoms with Crippen LogP contribution >= 0.6 is 23.2 Å². The van der Waals surface area contributed by atoms with E-state index in [1.54, 1.807) is 18.2 Å². The summed E-state index contributed by atoms with van der Waals surface area (Å²) in [4.78, 5) is 13.9. The third kappa shape index (κ3) is 6.35. The monoisotopic (exact) mass is 587 g/mol. The predicted octanol–water partition coefficient (Wildman–Crippen LogP) is 8.57. The minimum absolute atomic E-state index is 0. The first-order valence-corrected chi connectivity index (χ1v) is 13.9. The number of nitrogens with zero attached hydrogens (tertiary/aromatic N) is 1. The van der Waals surface area contributed by atoms with Gasteiger partial charge in [0.05, 0.1) is 12.2 Å². The number of fused-ring (bicyclic) bond motifs is 1. The molecule has 0 aromatic heterocycles. The lowest BCUT2D eigenvalue weighted by Crippen LogP contribution is -2.26. The van der Waals surface area contributed by atoms with Gasteiger partial charge in [-0.2, -0.15) is 0 Å². The van der Waals surface area contributed by atoms with Crippen LogP contribution < -0.4 is 4.74 Å². The van der Waals surface area contributed by atoms with Crippen LogP contribution in [0.1, 0.15) is 65.7 Å². The van der Waals surface area contributed by atoms with Crippen LogP contribution in [0.5, 0.6) is 5.75 Å². The molecule has 1 heterocycles. The van der Waals surface area contributed by atoms with Crippen molar-refractivity contribution in [1.29, 1.82) is 0 Å². The number of carboxylic acid groups (broad SMARTS) is 1. The second-order valence-corrected chi connectivity index (χ2v) is 10.8. The van der Waals surface area contributed by atoms with Crippen LogP contribution in [0.3, 0.4) is 0 Å². The summed E-state index contributed by atoms with van der Waals surface area (Å²) in [6.45, 7) is 2.08. The quantitative estimate of drug-likeness (QED) is 0.287. The van der Waals surface area contributed by atoms with Gasteiger partial charge in [0.2, 0.25) is 0 Å². The Hall–Kier alpha value is -2.93. The summed E-state index contributed by atoms with van der Waals surface area (Å²) in [5, 5.41) is 10.5. The molecule has 8 heteroatoms. The number of allylic oxidation sites excluding steroid dienone is 1. The van der Waals surface area contributed by atoms with Crippen molar-refractivity contribution in [2.45, 2.75) is 45.6 Å². The van der Waals surface area contributed by atoms with E-state index in [1.807, 2.05) is 30.3 Å². The van der Waals surface area contributed by atoms with Crippen molar-refractivity contribution in [3.8, 4) is 5.75 Å². The van der Waals surface area contributed by atoms with Gasteiger partial charge in [0, 0.05) is 29.7 Å². The molecule has 212 valence electrons. The minimum atomic E-state index is -1.29. The van der Waals surface area contributed by atoms with Crippen molar-refractivity contribution in [3.63, 3.8) is 0 Å². The number of likely N-dealkylation sites (tertiary alicyclic amines) is 1. The van der Waals surface area contributed by atoms with Gasteiger partial charge < -0.3 is 9.84 Å². The van der Waals surface area contributed by atoms with Gasteiger partial charge in [-0.15, -0.1) is 0 Å². The molecular weight excluding hydrogens is 555 g/mol. The fraction of sp³-hybridized carbons (Fsp3) is 0.344. The average molecular weight is 589 g/mol. The molecule has 3 aromatic rings. The van der Waals surface area contributed by atoms with Crippen molar-refractivity contribution in [2.24, 2.45) is 0 Å². The van der Waals surface area contributed by atoms with Gasteiger partial charge in [0.1, 0.15) is 17.7 Å². The van der Waals surface area contributed by atoms with E-state index < -0.39 is 11.8 Å². The van der Waals surface area contributed by atoms with E-state index in [1.165, 1.54) is 6.07 Å².